The van der Waals surface area contributed by atoms with Gasteiger partial charge in [-0.2, -0.15) is 0 Å². The number of hydrogen-bond donors (Lipinski definition) is 0. The normalized spacial score (nSPS) is 43.3. The van der Waals surface area contributed by atoms with E-state index in [0.29, 0.717) is 6.61 Å². The SMILES string of the molecule is CC1(C)COC(=O)[C@@H]1O[C@H]1OC(=O)[C@@H]2[C@H]1C2(C)C. The Kier molecular flexibility index (Phi) is 2.17. The summed E-state index contributed by atoms with van der Waals surface area (Å²) in [5.74, 6) is -0.589. The van der Waals surface area contributed by atoms with Crippen LogP contribution >= 0.6 is 0 Å². The fraction of sp³-hybridized carbons (Fsp3) is 0.846. The third kappa shape index (κ3) is 1.43. The van der Waals surface area contributed by atoms with Gasteiger partial charge in [-0.15, -0.1) is 0 Å². The number of fused-ring (bicyclic) bond motifs is 1. The zero-order valence-corrected chi connectivity index (χ0v) is 11.1. The highest BCUT2D eigenvalue weighted by atomic mass is 16.7. The van der Waals surface area contributed by atoms with Crippen LogP contribution in [0, 0.1) is 22.7 Å². The van der Waals surface area contributed by atoms with Gasteiger partial charge in [0.2, 0.25) is 6.29 Å². The number of hydrogen-bond acceptors (Lipinski definition) is 5. The molecule has 0 radical (unpaired) electrons. The molecule has 0 aromatic carbocycles. The summed E-state index contributed by atoms with van der Waals surface area (Å²) in [6.07, 6.45) is -1.25. The summed E-state index contributed by atoms with van der Waals surface area (Å²) in [7, 11) is 0. The van der Waals surface area contributed by atoms with Crippen LogP contribution < -0.4 is 0 Å². The van der Waals surface area contributed by atoms with Crippen LogP contribution in [0.4, 0.5) is 0 Å². The Labute approximate surface area is 106 Å². The van der Waals surface area contributed by atoms with Crippen molar-refractivity contribution in [3.05, 3.63) is 0 Å². The number of rotatable bonds is 2. The summed E-state index contributed by atoms with van der Waals surface area (Å²) in [4.78, 5) is 23.3. The second kappa shape index (κ2) is 3.26. The van der Waals surface area contributed by atoms with Crippen molar-refractivity contribution in [2.24, 2.45) is 22.7 Å². The van der Waals surface area contributed by atoms with Crippen LogP contribution in [-0.4, -0.2) is 30.9 Å². The molecule has 0 bridgehead atoms. The van der Waals surface area contributed by atoms with E-state index >= 15 is 0 Å². The molecule has 0 aromatic rings. The monoisotopic (exact) mass is 254 g/mol. The van der Waals surface area contributed by atoms with Gasteiger partial charge in [0.05, 0.1) is 12.5 Å². The first-order valence-electron chi connectivity index (χ1n) is 6.28. The van der Waals surface area contributed by atoms with Gasteiger partial charge in [-0.3, -0.25) is 4.79 Å². The molecule has 3 rings (SSSR count). The Hall–Kier alpha value is -1.10. The molecule has 0 aromatic heterocycles. The third-order valence-electron chi connectivity index (χ3n) is 4.47. The summed E-state index contributed by atoms with van der Waals surface area (Å²) >= 11 is 0. The van der Waals surface area contributed by atoms with E-state index < -0.39 is 12.4 Å². The van der Waals surface area contributed by atoms with E-state index in [1.54, 1.807) is 0 Å². The second-order valence-corrected chi connectivity index (χ2v) is 6.74. The maximum atomic E-state index is 11.7. The maximum Gasteiger partial charge on any atom is 0.336 e. The van der Waals surface area contributed by atoms with Gasteiger partial charge in [0, 0.05) is 11.3 Å². The highest BCUT2D eigenvalue weighted by Gasteiger charge is 2.72. The van der Waals surface area contributed by atoms with Crippen molar-refractivity contribution in [1.29, 1.82) is 0 Å². The molecular formula is C13H18O5. The minimum absolute atomic E-state index is 0.0641. The van der Waals surface area contributed by atoms with Crippen molar-refractivity contribution in [3.8, 4) is 0 Å². The molecule has 1 saturated carbocycles. The van der Waals surface area contributed by atoms with Gasteiger partial charge < -0.3 is 14.2 Å². The molecule has 0 spiro atoms. The molecular weight excluding hydrogens is 236 g/mol. The summed E-state index contributed by atoms with van der Waals surface area (Å²) < 4.78 is 16.0. The Morgan fingerprint density at radius 3 is 2.28 bits per heavy atom. The van der Waals surface area contributed by atoms with Crippen molar-refractivity contribution >= 4 is 11.9 Å². The first-order chi connectivity index (χ1) is 8.25. The number of carbonyl (C=O) groups excluding carboxylic acids is 2. The lowest BCUT2D eigenvalue weighted by molar-refractivity contribution is -0.198. The molecule has 0 amide bonds. The van der Waals surface area contributed by atoms with Gasteiger partial charge in [0.15, 0.2) is 6.10 Å². The van der Waals surface area contributed by atoms with Gasteiger partial charge in [-0.1, -0.05) is 27.7 Å². The first kappa shape index (κ1) is 12.0. The van der Waals surface area contributed by atoms with Crippen LogP contribution in [0.25, 0.3) is 0 Å². The van der Waals surface area contributed by atoms with E-state index in [1.807, 2.05) is 27.7 Å². The summed E-state index contributed by atoms with van der Waals surface area (Å²) in [6, 6.07) is 0. The zero-order valence-electron chi connectivity index (χ0n) is 11.1. The van der Waals surface area contributed by atoms with E-state index in [4.69, 9.17) is 14.2 Å². The Morgan fingerprint density at radius 2 is 1.83 bits per heavy atom. The average Bonchev–Trinajstić information content (AvgIpc) is 2.52. The van der Waals surface area contributed by atoms with Crippen LogP contribution in [-0.2, 0) is 23.8 Å². The van der Waals surface area contributed by atoms with E-state index in [0.717, 1.165) is 0 Å². The minimum Gasteiger partial charge on any atom is -0.463 e. The Morgan fingerprint density at radius 1 is 1.17 bits per heavy atom. The Balaban J connectivity index is 1.75. The predicted molar refractivity (Wildman–Crippen MR) is 60.3 cm³/mol. The van der Waals surface area contributed by atoms with Crippen LogP contribution in [0.1, 0.15) is 27.7 Å². The molecule has 18 heavy (non-hydrogen) atoms. The Bertz CT molecular complexity index is 425. The topological polar surface area (TPSA) is 61.8 Å². The summed E-state index contributed by atoms with van der Waals surface area (Å²) in [6.45, 7) is 8.22. The number of ether oxygens (including phenoxy) is 3. The van der Waals surface area contributed by atoms with Crippen molar-refractivity contribution in [1.82, 2.24) is 0 Å². The fourth-order valence-electron chi connectivity index (χ4n) is 3.11. The van der Waals surface area contributed by atoms with Crippen LogP contribution in [0.2, 0.25) is 0 Å². The molecule has 2 saturated heterocycles. The molecule has 2 heterocycles. The van der Waals surface area contributed by atoms with Crippen molar-refractivity contribution in [3.63, 3.8) is 0 Å². The van der Waals surface area contributed by atoms with Gasteiger partial charge in [0.25, 0.3) is 0 Å². The lowest BCUT2D eigenvalue weighted by atomic mass is 9.90. The van der Waals surface area contributed by atoms with Crippen molar-refractivity contribution in [2.75, 3.05) is 6.61 Å². The van der Waals surface area contributed by atoms with Crippen LogP contribution in [0.5, 0.6) is 0 Å². The van der Waals surface area contributed by atoms with Crippen molar-refractivity contribution < 1.29 is 23.8 Å². The van der Waals surface area contributed by atoms with E-state index in [2.05, 4.69) is 0 Å². The largest absolute Gasteiger partial charge is 0.463 e. The highest BCUT2D eigenvalue weighted by Crippen LogP contribution is 2.65. The predicted octanol–water partition coefficient (Wildman–Crippen LogP) is 1.11. The van der Waals surface area contributed by atoms with E-state index in [-0.39, 0.29) is 34.6 Å². The number of carbonyl (C=O) groups is 2. The standard InChI is InChI=1S/C13H18O5/c1-12(2)5-16-10(15)8(12)17-11-7-6(9(14)18-11)13(7,3)4/h6-8,11H,5H2,1-4H3/t6-,7+,8-,11-/m0/s1. The minimum atomic E-state index is -0.648. The third-order valence-corrected chi connectivity index (χ3v) is 4.47. The van der Waals surface area contributed by atoms with Crippen LogP contribution in [0.3, 0.4) is 0 Å². The lowest BCUT2D eigenvalue weighted by Crippen LogP contribution is -2.38. The average molecular weight is 254 g/mol. The molecule has 3 fully saturated rings. The zero-order chi connectivity index (χ0) is 13.3. The summed E-state index contributed by atoms with van der Waals surface area (Å²) in [5, 5.41) is 0. The number of cyclic esters (lactones) is 2. The molecule has 5 nitrogen and oxygen atoms in total. The molecule has 5 heteroatoms. The molecule has 0 N–H and O–H groups in total. The van der Waals surface area contributed by atoms with Crippen molar-refractivity contribution in [2.45, 2.75) is 40.1 Å². The quantitative estimate of drug-likeness (QED) is 0.691. The van der Waals surface area contributed by atoms with Gasteiger partial charge in [0.1, 0.15) is 0 Å². The van der Waals surface area contributed by atoms with Gasteiger partial charge >= 0.3 is 11.9 Å². The molecule has 2 aliphatic heterocycles. The molecule has 4 atom stereocenters. The highest BCUT2D eigenvalue weighted by molar-refractivity contribution is 5.81. The number of esters is 2. The second-order valence-electron chi connectivity index (χ2n) is 6.74. The van der Waals surface area contributed by atoms with Gasteiger partial charge in [-0.05, 0) is 5.41 Å². The maximum absolute atomic E-state index is 11.7. The smallest absolute Gasteiger partial charge is 0.336 e. The molecule has 3 aliphatic rings. The molecule has 1 aliphatic carbocycles. The van der Waals surface area contributed by atoms with Crippen LogP contribution in [0.15, 0.2) is 0 Å². The van der Waals surface area contributed by atoms with E-state index in [9.17, 15) is 9.59 Å². The van der Waals surface area contributed by atoms with Gasteiger partial charge in [-0.25, -0.2) is 4.79 Å². The molecule has 0 unspecified atom stereocenters. The fourth-order valence-corrected chi connectivity index (χ4v) is 3.11. The lowest BCUT2D eigenvalue weighted by Gasteiger charge is -2.26. The molecule has 100 valence electrons. The summed E-state index contributed by atoms with van der Waals surface area (Å²) in [5.41, 5.74) is -0.451. The van der Waals surface area contributed by atoms with E-state index in [1.165, 1.54) is 0 Å². The first-order valence-corrected chi connectivity index (χ1v) is 6.28.